The van der Waals surface area contributed by atoms with Gasteiger partial charge in [-0.3, -0.25) is 0 Å². The van der Waals surface area contributed by atoms with Crippen molar-refractivity contribution in [3.8, 4) is 0 Å². The van der Waals surface area contributed by atoms with Crippen LogP contribution in [0.1, 0.15) is 27.2 Å². The zero-order valence-electron chi connectivity index (χ0n) is 9.19. The SMILES string of the molecule is CCC=C(C)N(C)C(C(=O)O)C(C)O. The van der Waals surface area contributed by atoms with E-state index in [1.807, 2.05) is 19.9 Å². The number of carbonyl (C=O) groups is 1. The highest BCUT2D eigenvalue weighted by molar-refractivity contribution is 5.74. The second-order valence-corrected chi connectivity index (χ2v) is 3.39. The maximum Gasteiger partial charge on any atom is 0.329 e. The number of hydrogen-bond acceptors (Lipinski definition) is 3. The molecule has 0 rings (SSSR count). The molecule has 0 spiro atoms. The van der Waals surface area contributed by atoms with Gasteiger partial charge in [0.2, 0.25) is 0 Å². The molecule has 4 nitrogen and oxygen atoms in total. The summed E-state index contributed by atoms with van der Waals surface area (Å²) in [4.78, 5) is 12.4. The van der Waals surface area contributed by atoms with Gasteiger partial charge in [0.1, 0.15) is 0 Å². The monoisotopic (exact) mass is 201 g/mol. The Morgan fingerprint density at radius 3 is 2.36 bits per heavy atom. The van der Waals surface area contributed by atoms with Crippen molar-refractivity contribution in [2.24, 2.45) is 0 Å². The molecule has 0 saturated carbocycles. The Labute approximate surface area is 84.8 Å². The van der Waals surface area contributed by atoms with Crippen LogP contribution < -0.4 is 0 Å². The van der Waals surface area contributed by atoms with Crippen LogP contribution in [-0.2, 0) is 4.79 Å². The lowest BCUT2D eigenvalue weighted by Crippen LogP contribution is -2.44. The minimum absolute atomic E-state index is 0.850. The van der Waals surface area contributed by atoms with E-state index in [0.717, 1.165) is 12.1 Å². The Bertz CT molecular complexity index is 223. The molecule has 0 aliphatic carbocycles. The van der Waals surface area contributed by atoms with Gasteiger partial charge in [0.05, 0.1) is 6.10 Å². The van der Waals surface area contributed by atoms with Crippen LogP contribution in [0.3, 0.4) is 0 Å². The van der Waals surface area contributed by atoms with Gasteiger partial charge in [-0.05, 0) is 20.3 Å². The summed E-state index contributed by atoms with van der Waals surface area (Å²) >= 11 is 0. The number of aliphatic carboxylic acids is 1. The van der Waals surface area contributed by atoms with E-state index in [0.29, 0.717) is 0 Å². The van der Waals surface area contributed by atoms with Crippen LogP contribution >= 0.6 is 0 Å². The van der Waals surface area contributed by atoms with Gasteiger partial charge in [-0.25, -0.2) is 4.79 Å². The van der Waals surface area contributed by atoms with Crippen LogP contribution in [0.25, 0.3) is 0 Å². The third-order valence-corrected chi connectivity index (χ3v) is 2.18. The number of aliphatic hydroxyl groups excluding tert-OH is 1. The van der Waals surface area contributed by atoms with E-state index in [1.54, 1.807) is 11.9 Å². The molecule has 0 aromatic heterocycles. The van der Waals surface area contributed by atoms with Crippen molar-refractivity contribution in [3.63, 3.8) is 0 Å². The molecule has 0 fully saturated rings. The molecule has 0 radical (unpaired) electrons. The largest absolute Gasteiger partial charge is 0.480 e. The smallest absolute Gasteiger partial charge is 0.329 e. The first-order chi connectivity index (χ1) is 6.41. The second-order valence-electron chi connectivity index (χ2n) is 3.39. The zero-order valence-corrected chi connectivity index (χ0v) is 9.19. The van der Waals surface area contributed by atoms with Gasteiger partial charge >= 0.3 is 5.97 Å². The molecule has 0 bridgehead atoms. The lowest BCUT2D eigenvalue weighted by atomic mass is 10.1. The first kappa shape index (κ1) is 13.0. The minimum atomic E-state index is -1.01. The molecule has 2 atom stereocenters. The molecule has 14 heavy (non-hydrogen) atoms. The first-order valence-electron chi connectivity index (χ1n) is 4.72. The molecule has 2 unspecified atom stereocenters. The molecular formula is C10H19NO3. The van der Waals surface area contributed by atoms with Crippen LogP contribution in [0.15, 0.2) is 11.8 Å². The minimum Gasteiger partial charge on any atom is -0.480 e. The summed E-state index contributed by atoms with van der Waals surface area (Å²) in [6, 6.07) is -0.877. The second kappa shape index (κ2) is 5.65. The first-order valence-corrected chi connectivity index (χ1v) is 4.72. The fourth-order valence-electron chi connectivity index (χ4n) is 1.35. The van der Waals surface area contributed by atoms with Gasteiger partial charge in [0.25, 0.3) is 0 Å². The molecule has 0 aliphatic heterocycles. The standard InChI is InChI=1S/C10H19NO3/c1-5-6-7(2)11(4)9(8(3)12)10(13)14/h6,8-9,12H,5H2,1-4H3,(H,13,14). The molecule has 0 amide bonds. The van der Waals surface area contributed by atoms with Crippen LogP contribution in [0.5, 0.6) is 0 Å². The van der Waals surface area contributed by atoms with Crippen LogP contribution in [0.2, 0.25) is 0 Å². The highest BCUT2D eigenvalue weighted by Gasteiger charge is 2.27. The Morgan fingerprint density at radius 1 is 1.57 bits per heavy atom. The number of allylic oxidation sites excluding steroid dienone is 2. The fraction of sp³-hybridized carbons (Fsp3) is 0.700. The third kappa shape index (κ3) is 3.38. The lowest BCUT2D eigenvalue weighted by molar-refractivity contribution is -0.145. The number of rotatable bonds is 5. The van der Waals surface area contributed by atoms with Crippen LogP contribution in [0, 0.1) is 0 Å². The maximum atomic E-state index is 10.9. The van der Waals surface area contributed by atoms with Gasteiger partial charge in [-0.2, -0.15) is 0 Å². The van der Waals surface area contributed by atoms with Gasteiger partial charge in [-0.15, -0.1) is 0 Å². The van der Waals surface area contributed by atoms with Gasteiger partial charge in [-0.1, -0.05) is 13.0 Å². The van der Waals surface area contributed by atoms with E-state index in [-0.39, 0.29) is 0 Å². The molecule has 4 heteroatoms. The van der Waals surface area contributed by atoms with Gasteiger partial charge in [0, 0.05) is 12.7 Å². The number of hydrogen-bond donors (Lipinski definition) is 2. The zero-order chi connectivity index (χ0) is 11.3. The normalized spacial score (nSPS) is 16.2. The topological polar surface area (TPSA) is 60.8 Å². The van der Waals surface area contributed by atoms with Crippen molar-refractivity contribution in [1.82, 2.24) is 4.90 Å². The number of carboxylic acid groups (broad SMARTS) is 1. The van der Waals surface area contributed by atoms with Crippen molar-refractivity contribution >= 4 is 5.97 Å². The third-order valence-electron chi connectivity index (χ3n) is 2.18. The van der Waals surface area contributed by atoms with Crippen molar-refractivity contribution in [2.75, 3.05) is 7.05 Å². The molecular weight excluding hydrogens is 182 g/mol. The fourth-order valence-corrected chi connectivity index (χ4v) is 1.35. The van der Waals surface area contributed by atoms with E-state index in [9.17, 15) is 9.90 Å². The van der Waals surface area contributed by atoms with E-state index in [1.165, 1.54) is 6.92 Å². The summed E-state index contributed by atoms with van der Waals surface area (Å²) < 4.78 is 0. The van der Waals surface area contributed by atoms with Crippen molar-refractivity contribution in [1.29, 1.82) is 0 Å². The molecule has 0 saturated heterocycles. The average Bonchev–Trinajstić information content (AvgIpc) is 2.03. The molecule has 82 valence electrons. The highest BCUT2D eigenvalue weighted by Crippen LogP contribution is 2.10. The Hall–Kier alpha value is -1.03. The Kier molecular flexibility index (Phi) is 5.23. The van der Waals surface area contributed by atoms with E-state index in [4.69, 9.17) is 5.11 Å². The number of carboxylic acids is 1. The molecule has 2 N–H and O–H groups in total. The van der Waals surface area contributed by atoms with Gasteiger partial charge in [0.15, 0.2) is 6.04 Å². The maximum absolute atomic E-state index is 10.9. The Balaban J connectivity index is 4.68. The van der Waals surface area contributed by atoms with E-state index in [2.05, 4.69) is 0 Å². The number of nitrogens with zero attached hydrogens (tertiary/aromatic N) is 1. The summed E-state index contributed by atoms with van der Waals surface area (Å²) in [5, 5.41) is 18.2. The van der Waals surface area contributed by atoms with Crippen LogP contribution in [-0.4, -0.2) is 40.3 Å². The quantitative estimate of drug-likeness (QED) is 0.698. The molecule has 0 aromatic carbocycles. The predicted octanol–water partition coefficient (Wildman–Crippen LogP) is 1.07. The molecule has 0 aromatic rings. The summed E-state index contributed by atoms with van der Waals surface area (Å²) in [5.41, 5.74) is 0.862. The summed E-state index contributed by atoms with van der Waals surface area (Å²) in [7, 11) is 1.67. The van der Waals surface area contributed by atoms with Crippen molar-refractivity contribution < 1.29 is 15.0 Å². The molecule has 0 aliphatic rings. The predicted molar refractivity (Wildman–Crippen MR) is 54.9 cm³/mol. The number of aliphatic hydroxyl groups is 1. The highest BCUT2D eigenvalue weighted by atomic mass is 16.4. The number of likely N-dealkylation sites (N-methyl/N-ethyl adjacent to an activating group) is 1. The van der Waals surface area contributed by atoms with Crippen molar-refractivity contribution in [3.05, 3.63) is 11.8 Å². The average molecular weight is 201 g/mol. The molecule has 0 heterocycles. The Morgan fingerprint density at radius 2 is 2.07 bits per heavy atom. The summed E-state index contributed by atoms with van der Waals surface area (Å²) in [5.74, 6) is -1.01. The van der Waals surface area contributed by atoms with Gasteiger partial charge < -0.3 is 15.1 Å². The summed E-state index contributed by atoms with van der Waals surface area (Å²) in [6.45, 7) is 5.30. The lowest BCUT2D eigenvalue weighted by Gasteiger charge is -2.29. The van der Waals surface area contributed by atoms with Crippen LogP contribution in [0.4, 0.5) is 0 Å². The van der Waals surface area contributed by atoms with E-state index >= 15 is 0 Å². The summed E-state index contributed by atoms with van der Waals surface area (Å²) in [6.07, 6.45) is 1.89. The van der Waals surface area contributed by atoms with Crippen molar-refractivity contribution in [2.45, 2.75) is 39.3 Å². The van der Waals surface area contributed by atoms with E-state index < -0.39 is 18.1 Å².